The molecule has 0 bridgehead atoms. The summed E-state index contributed by atoms with van der Waals surface area (Å²) in [5.74, 6) is -1.72. The van der Waals surface area contributed by atoms with Crippen LogP contribution in [0.15, 0.2) is 46.2 Å². The molecule has 7 heteroatoms. The van der Waals surface area contributed by atoms with Crippen LogP contribution in [0.1, 0.15) is 20.7 Å². The maximum absolute atomic E-state index is 14.1. The van der Waals surface area contributed by atoms with Crippen LogP contribution >= 0.6 is 11.8 Å². The second kappa shape index (κ2) is 7.15. The van der Waals surface area contributed by atoms with Gasteiger partial charge in [0.25, 0.3) is 0 Å². The summed E-state index contributed by atoms with van der Waals surface area (Å²) in [7, 11) is 2.49. The normalized spacial score (nSPS) is 10.2. The highest BCUT2D eigenvalue weighted by Crippen LogP contribution is 2.36. The summed E-state index contributed by atoms with van der Waals surface area (Å²) in [6.07, 6.45) is 0. The van der Waals surface area contributed by atoms with Crippen molar-refractivity contribution in [1.29, 1.82) is 0 Å². The van der Waals surface area contributed by atoms with Crippen LogP contribution in [0.2, 0.25) is 0 Å². The van der Waals surface area contributed by atoms with Crippen LogP contribution < -0.4 is 5.73 Å². The Morgan fingerprint density at radius 3 is 2.39 bits per heavy atom. The summed E-state index contributed by atoms with van der Waals surface area (Å²) in [6.45, 7) is 0. The summed E-state index contributed by atoms with van der Waals surface area (Å²) < 4.78 is 23.3. The molecule has 0 saturated carbocycles. The minimum atomic E-state index is -0.642. The van der Waals surface area contributed by atoms with Crippen molar-refractivity contribution < 1.29 is 23.5 Å². The highest BCUT2D eigenvalue weighted by molar-refractivity contribution is 7.99. The molecular formula is C16H14FNO4S. The fraction of sp³-hybridized carbons (Fsp3) is 0.125. The molecule has 2 aromatic rings. The zero-order chi connectivity index (χ0) is 17.0. The molecule has 5 nitrogen and oxygen atoms in total. The molecular weight excluding hydrogens is 321 g/mol. The van der Waals surface area contributed by atoms with Crippen molar-refractivity contribution in [2.24, 2.45) is 0 Å². The van der Waals surface area contributed by atoms with Crippen LogP contribution in [0.3, 0.4) is 0 Å². The number of ether oxygens (including phenoxy) is 2. The van der Waals surface area contributed by atoms with Crippen molar-refractivity contribution in [3.8, 4) is 0 Å². The Morgan fingerprint density at radius 2 is 1.78 bits per heavy atom. The fourth-order valence-corrected chi connectivity index (χ4v) is 2.84. The largest absolute Gasteiger partial charge is 0.465 e. The highest BCUT2D eigenvalue weighted by Gasteiger charge is 2.18. The van der Waals surface area contributed by atoms with Crippen molar-refractivity contribution in [1.82, 2.24) is 0 Å². The molecule has 2 aromatic carbocycles. The Morgan fingerprint density at radius 1 is 1.09 bits per heavy atom. The van der Waals surface area contributed by atoms with Crippen LogP contribution in [0.5, 0.6) is 0 Å². The van der Waals surface area contributed by atoms with Gasteiger partial charge in [-0.25, -0.2) is 14.0 Å². The van der Waals surface area contributed by atoms with E-state index in [1.165, 1.54) is 44.6 Å². The molecule has 0 heterocycles. The third-order valence-corrected chi connectivity index (χ3v) is 4.23. The van der Waals surface area contributed by atoms with Gasteiger partial charge in [0.15, 0.2) is 0 Å². The lowest BCUT2D eigenvalue weighted by Crippen LogP contribution is -2.05. The zero-order valence-corrected chi connectivity index (χ0v) is 13.3. The van der Waals surface area contributed by atoms with E-state index in [2.05, 4.69) is 9.47 Å². The van der Waals surface area contributed by atoms with Gasteiger partial charge in [-0.1, -0.05) is 17.8 Å². The first kappa shape index (κ1) is 16.8. The number of methoxy groups -OCH3 is 2. The maximum atomic E-state index is 14.1. The number of anilines is 1. The van der Waals surface area contributed by atoms with Gasteiger partial charge in [0.05, 0.1) is 30.2 Å². The molecule has 0 saturated heterocycles. The van der Waals surface area contributed by atoms with E-state index in [9.17, 15) is 14.0 Å². The van der Waals surface area contributed by atoms with E-state index in [0.717, 1.165) is 11.8 Å². The molecule has 2 N–H and O–H groups in total. The third-order valence-electron chi connectivity index (χ3n) is 3.02. The molecule has 0 spiro atoms. The van der Waals surface area contributed by atoms with E-state index in [-0.39, 0.29) is 21.7 Å². The third kappa shape index (κ3) is 3.62. The van der Waals surface area contributed by atoms with Gasteiger partial charge < -0.3 is 15.2 Å². The number of hydrogen-bond acceptors (Lipinski definition) is 6. The Balaban J connectivity index is 2.40. The second-order valence-corrected chi connectivity index (χ2v) is 5.51. The van der Waals surface area contributed by atoms with Crippen molar-refractivity contribution in [3.63, 3.8) is 0 Å². The highest BCUT2D eigenvalue weighted by atomic mass is 32.2. The lowest BCUT2D eigenvalue weighted by molar-refractivity contribution is 0.0589. The Labute approximate surface area is 136 Å². The quantitative estimate of drug-likeness (QED) is 0.683. The first-order valence-electron chi connectivity index (χ1n) is 6.50. The van der Waals surface area contributed by atoms with E-state index in [1.54, 1.807) is 6.07 Å². The van der Waals surface area contributed by atoms with Gasteiger partial charge >= 0.3 is 11.9 Å². The molecule has 0 aliphatic carbocycles. The molecule has 23 heavy (non-hydrogen) atoms. The van der Waals surface area contributed by atoms with Crippen LogP contribution in [0.4, 0.5) is 10.1 Å². The van der Waals surface area contributed by atoms with Crippen molar-refractivity contribution in [3.05, 3.63) is 53.3 Å². The number of hydrogen-bond donors (Lipinski definition) is 1. The molecule has 120 valence electrons. The summed E-state index contributed by atoms with van der Waals surface area (Å²) in [5.41, 5.74) is 6.57. The number of nitrogen functional groups attached to an aromatic ring is 1. The number of nitrogens with two attached hydrogens (primary N) is 1. The van der Waals surface area contributed by atoms with E-state index >= 15 is 0 Å². The first-order valence-corrected chi connectivity index (χ1v) is 7.32. The van der Waals surface area contributed by atoms with Gasteiger partial charge in [0, 0.05) is 10.6 Å². The average Bonchev–Trinajstić information content (AvgIpc) is 2.56. The Hall–Kier alpha value is -2.54. The SMILES string of the molecule is COC(=O)c1ccc(Sc2c(F)cccc2C(=O)OC)c(N)c1. The van der Waals surface area contributed by atoms with Gasteiger partial charge in [0.2, 0.25) is 0 Å². The molecule has 0 amide bonds. The molecule has 0 aliphatic heterocycles. The smallest absolute Gasteiger partial charge is 0.339 e. The van der Waals surface area contributed by atoms with E-state index in [1.807, 2.05) is 0 Å². The van der Waals surface area contributed by atoms with Crippen LogP contribution in [0, 0.1) is 5.82 Å². The van der Waals surface area contributed by atoms with Gasteiger partial charge in [-0.3, -0.25) is 0 Å². The number of benzene rings is 2. The summed E-state index contributed by atoms with van der Waals surface area (Å²) in [6, 6.07) is 8.66. The van der Waals surface area contributed by atoms with Gasteiger partial charge in [-0.2, -0.15) is 0 Å². The fourth-order valence-electron chi connectivity index (χ4n) is 1.88. The number of carbonyl (C=O) groups excluding carboxylic acids is 2. The van der Waals surface area contributed by atoms with E-state index in [0.29, 0.717) is 4.90 Å². The topological polar surface area (TPSA) is 78.6 Å². The minimum Gasteiger partial charge on any atom is -0.465 e. The number of esters is 2. The molecule has 0 aromatic heterocycles. The Kier molecular flexibility index (Phi) is 5.23. The maximum Gasteiger partial charge on any atom is 0.339 e. The number of halogens is 1. The number of rotatable bonds is 4. The van der Waals surface area contributed by atoms with Crippen molar-refractivity contribution in [2.45, 2.75) is 9.79 Å². The monoisotopic (exact) mass is 335 g/mol. The minimum absolute atomic E-state index is 0.106. The van der Waals surface area contributed by atoms with Gasteiger partial charge in [0.1, 0.15) is 5.82 Å². The lowest BCUT2D eigenvalue weighted by Gasteiger charge is -2.11. The molecule has 2 rings (SSSR count). The van der Waals surface area contributed by atoms with Crippen LogP contribution in [0.25, 0.3) is 0 Å². The van der Waals surface area contributed by atoms with Gasteiger partial charge in [-0.15, -0.1) is 0 Å². The molecule has 0 unspecified atom stereocenters. The van der Waals surface area contributed by atoms with Crippen LogP contribution in [-0.4, -0.2) is 26.2 Å². The van der Waals surface area contributed by atoms with Gasteiger partial charge in [-0.05, 0) is 30.3 Å². The first-order chi connectivity index (χ1) is 11.0. The lowest BCUT2D eigenvalue weighted by atomic mass is 10.2. The Bertz CT molecular complexity index is 764. The van der Waals surface area contributed by atoms with Crippen LogP contribution in [-0.2, 0) is 9.47 Å². The standard InChI is InChI=1S/C16H14FNO4S/c1-21-15(19)9-6-7-13(12(18)8-9)23-14-10(16(20)22-2)4-3-5-11(14)17/h3-8H,18H2,1-2H3. The summed E-state index contributed by atoms with van der Waals surface area (Å²) in [5, 5.41) is 0. The summed E-state index contributed by atoms with van der Waals surface area (Å²) in [4.78, 5) is 23.8. The van der Waals surface area contributed by atoms with E-state index in [4.69, 9.17) is 5.73 Å². The van der Waals surface area contributed by atoms with Crippen molar-refractivity contribution >= 4 is 29.4 Å². The average molecular weight is 335 g/mol. The number of carbonyl (C=O) groups is 2. The molecule has 0 radical (unpaired) electrons. The van der Waals surface area contributed by atoms with E-state index < -0.39 is 17.8 Å². The molecule has 0 fully saturated rings. The zero-order valence-electron chi connectivity index (χ0n) is 12.5. The molecule has 0 aliphatic rings. The van der Waals surface area contributed by atoms with Crippen molar-refractivity contribution in [2.75, 3.05) is 20.0 Å². The second-order valence-electron chi connectivity index (χ2n) is 4.45. The summed E-state index contributed by atoms with van der Waals surface area (Å²) >= 11 is 0.986. The predicted molar refractivity (Wildman–Crippen MR) is 84.1 cm³/mol. The molecule has 0 atom stereocenters. The predicted octanol–water partition coefficient (Wildman–Crippen LogP) is 3.13.